The summed E-state index contributed by atoms with van der Waals surface area (Å²) in [5, 5.41) is 0. The minimum absolute atomic E-state index is 0.0879. The number of hydrogen-bond acceptors (Lipinski definition) is 7. The summed E-state index contributed by atoms with van der Waals surface area (Å²) in [5.41, 5.74) is 0.295. The largest absolute Gasteiger partial charge is 0.378 e. The van der Waals surface area contributed by atoms with Gasteiger partial charge in [0.05, 0.1) is 37.1 Å². The van der Waals surface area contributed by atoms with E-state index in [1.54, 1.807) is 11.9 Å². The van der Waals surface area contributed by atoms with Crippen LogP contribution in [0.1, 0.15) is 16.9 Å². The van der Waals surface area contributed by atoms with Gasteiger partial charge in [-0.2, -0.15) is 0 Å². The van der Waals surface area contributed by atoms with Crippen molar-refractivity contribution in [2.45, 2.75) is 12.5 Å². The van der Waals surface area contributed by atoms with Gasteiger partial charge in [-0.15, -0.1) is 0 Å². The van der Waals surface area contributed by atoms with E-state index < -0.39 is 9.84 Å². The van der Waals surface area contributed by atoms with E-state index in [9.17, 15) is 13.2 Å². The smallest absolute Gasteiger partial charge is 0.274 e. The van der Waals surface area contributed by atoms with Crippen LogP contribution in [-0.4, -0.2) is 80.1 Å². The number of anilines is 1. The van der Waals surface area contributed by atoms with Crippen molar-refractivity contribution < 1.29 is 17.9 Å². The lowest BCUT2D eigenvalue weighted by Crippen LogP contribution is -2.41. The lowest BCUT2D eigenvalue weighted by atomic mass is 10.2. The summed E-state index contributed by atoms with van der Waals surface area (Å²) in [7, 11) is -1.14. The number of sulfone groups is 1. The maximum atomic E-state index is 12.3. The Balaban J connectivity index is 1.68. The molecule has 1 aromatic heterocycles. The van der Waals surface area contributed by atoms with E-state index in [4.69, 9.17) is 4.74 Å². The number of carbonyl (C=O) groups excluding carboxylic acids is 1. The Labute approximate surface area is 135 Å². The van der Waals surface area contributed by atoms with Crippen molar-refractivity contribution in [3.05, 3.63) is 18.1 Å². The monoisotopic (exact) mass is 340 g/mol. The van der Waals surface area contributed by atoms with Crippen LogP contribution in [0, 0.1) is 0 Å². The minimum Gasteiger partial charge on any atom is -0.378 e. The maximum Gasteiger partial charge on any atom is 0.274 e. The molecule has 23 heavy (non-hydrogen) atoms. The fourth-order valence-electron chi connectivity index (χ4n) is 2.81. The summed E-state index contributed by atoms with van der Waals surface area (Å²) in [6, 6.07) is -0.0879. The molecule has 0 aromatic carbocycles. The number of rotatable bonds is 3. The van der Waals surface area contributed by atoms with E-state index in [2.05, 4.69) is 9.97 Å². The third kappa shape index (κ3) is 3.61. The van der Waals surface area contributed by atoms with Gasteiger partial charge in [0, 0.05) is 26.2 Å². The molecule has 126 valence electrons. The predicted octanol–water partition coefficient (Wildman–Crippen LogP) is -0.428. The van der Waals surface area contributed by atoms with Crippen LogP contribution in [-0.2, 0) is 14.6 Å². The van der Waals surface area contributed by atoms with Gasteiger partial charge in [-0.25, -0.2) is 18.4 Å². The number of ether oxygens (including phenoxy) is 1. The van der Waals surface area contributed by atoms with E-state index >= 15 is 0 Å². The second kappa shape index (κ2) is 6.40. The van der Waals surface area contributed by atoms with Gasteiger partial charge >= 0.3 is 0 Å². The minimum atomic E-state index is -2.95. The van der Waals surface area contributed by atoms with Crippen molar-refractivity contribution in [2.75, 3.05) is 49.8 Å². The summed E-state index contributed by atoms with van der Waals surface area (Å²) < 4.78 is 28.4. The van der Waals surface area contributed by atoms with Crippen molar-refractivity contribution in [3.8, 4) is 0 Å². The molecule has 2 saturated heterocycles. The highest BCUT2D eigenvalue weighted by Crippen LogP contribution is 2.20. The first-order valence-electron chi connectivity index (χ1n) is 7.58. The molecular weight excluding hydrogens is 320 g/mol. The van der Waals surface area contributed by atoms with Gasteiger partial charge in [0.15, 0.2) is 9.84 Å². The maximum absolute atomic E-state index is 12.3. The van der Waals surface area contributed by atoms with Gasteiger partial charge in [0.25, 0.3) is 5.91 Å². The molecule has 0 bridgehead atoms. The third-order valence-electron chi connectivity index (χ3n) is 4.27. The summed E-state index contributed by atoms with van der Waals surface area (Å²) in [4.78, 5) is 24.3. The van der Waals surface area contributed by atoms with E-state index in [0.717, 1.165) is 0 Å². The Hall–Kier alpha value is -1.74. The number of hydrogen-bond donors (Lipinski definition) is 0. The molecular formula is C14H20N4O4S. The molecule has 1 amide bonds. The lowest BCUT2D eigenvalue weighted by Gasteiger charge is -2.27. The van der Waals surface area contributed by atoms with Gasteiger partial charge in [0.2, 0.25) is 0 Å². The van der Waals surface area contributed by atoms with E-state index in [-0.39, 0.29) is 23.5 Å². The molecule has 0 radical (unpaired) electrons. The third-order valence-corrected chi connectivity index (χ3v) is 6.02. The molecule has 1 aromatic rings. The molecule has 1 unspecified atom stereocenters. The molecule has 0 spiro atoms. The van der Waals surface area contributed by atoms with Gasteiger partial charge in [-0.05, 0) is 6.42 Å². The van der Waals surface area contributed by atoms with Crippen LogP contribution < -0.4 is 4.90 Å². The molecule has 2 fully saturated rings. The standard InChI is InChI=1S/C14H20N4O4S/c1-17(11-2-7-23(20,21)10-11)13-9-15-12(8-16-13)14(19)18-3-5-22-6-4-18/h8-9,11H,2-7,10H2,1H3. The number of carbonyl (C=O) groups is 1. The van der Waals surface area contributed by atoms with E-state index in [1.807, 2.05) is 4.90 Å². The van der Waals surface area contributed by atoms with Crippen LogP contribution in [0.4, 0.5) is 5.82 Å². The number of amides is 1. The zero-order valence-corrected chi connectivity index (χ0v) is 13.8. The van der Waals surface area contributed by atoms with Crippen LogP contribution in [0.5, 0.6) is 0 Å². The molecule has 9 heteroatoms. The van der Waals surface area contributed by atoms with Crippen LogP contribution >= 0.6 is 0 Å². The Morgan fingerprint density at radius 2 is 2.04 bits per heavy atom. The summed E-state index contributed by atoms with van der Waals surface area (Å²) in [5.74, 6) is 0.770. The fraction of sp³-hybridized carbons (Fsp3) is 0.643. The van der Waals surface area contributed by atoms with Gasteiger partial charge < -0.3 is 14.5 Å². The van der Waals surface area contributed by atoms with Crippen molar-refractivity contribution in [1.29, 1.82) is 0 Å². The van der Waals surface area contributed by atoms with Gasteiger partial charge in [-0.3, -0.25) is 4.79 Å². The Morgan fingerprint density at radius 1 is 1.30 bits per heavy atom. The zero-order chi connectivity index (χ0) is 16.4. The zero-order valence-electron chi connectivity index (χ0n) is 13.0. The molecule has 0 saturated carbocycles. The predicted molar refractivity (Wildman–Crippen MR) is 84.2 cm³/mol. The highest BCUT2D eigenvalue weighted by atomic mass is 32.2. The Kier molecular flexibility index (Phi) is 4.49. The van der Waals surface area contributed by atoms with E-state index in [1.165, 1.54) is 12.4 Å². The number of nitrogens with zero attached hydrogens (tertiary/aromatic N) is 4. The summed E-state index contributed by atoms with van der Waals surface area (Å²) in [6.07, 6.45) is 3.57. The van der Waals surface area contributed by atoms with Gasteiger partial charge in [-0.1, -0.05) is 0 Å². The van der Waals surface area contributed by atoms with Crippen LogP contribution in [0.2, 0.25) is 0 Å². The highest BCUT2D eigenvalue weighted by molar-refractivity contribution is 7.91. The van der Waals surface area contributed by atoms with Crippen LogP contribution in [0.25, 0.3) is 0 Å². The Bertz CT molecular complexity index is 671. The molecule has 0 N–H and O–H groups in total. The normalized spacial score (nSPS) is 23.7. The first-order chi connectivity index (χ1) is 11.0. The first kappa shape index (κ1) is 16.1. The molecule has 2 aliphatic rings. The fourth-order valence-corrected chi connectivity index (χ4v) is 4.58. The molecule has 0 aliphatic carbocycles. The summed E-state index contributed by atoms with van der Waals surface area (Å²) >= 11 is 0. The quantitative estimate of drug-likeness (QED) is 0.737. The van der Waals surface area contributed by atoms with Gasteiger partial charge in [0.1, 0.15) is 11.5 Å². The molecule has 3 heterocycles. The van der Waals surface area contributed by atoms with Crippen LogP contribution in [0.3, 0.4) is 0 Å². The van der Waals surface area contributed by atoms with Crippen LogP contribution in [0.15, 0.2) is 12.4 Å². The average molecular weight is 340 g/mol. The second-order valence-corrected chi connectivity index (χ2v) is 8.06. The van der Waals surface area contributed by atoms with Crippen molar-refractivity contribution in [3.63, 3.8) is 0 Å². The lowest BCUT2D eigenvalue weighted by molar-refractivity contribution is 0.0298. The molecule has 2 aliphatic heterocycles. The van der Waals surface area contributed by atoms with E-state index in [0.29, 0.717) is 44.2 Å². The topological polar surface area (TPSA) is 92.7 Å². The average Bonchev–Trinajstić information content (AvgIpc) is 2.94. The molecule has 3 rings (SSSR count). The Morgan fingerprint density at radius 3 is 2.61 bits per heavy atom. The summed E-state index contributed by atoms with van der Waals surface area (Å²) in [6.45, 7) is 2.19. The second-order valence-electron chi connectivity index (χ2n) is 5.83. The van der Waals surface area contributed by atoms with Crippen molar-refractivity contribution in [1.82, 2.24) is 14.9 Å². The number of morpholine rings is 1. The highest BCUT2D eigenvalue weighted by Gasteiger charge is 2.31. The number of aromatic nitrogens is 2. The molecule has 1 atom stereocenters. The van der Waals surface area contributed by atoms with Crippen molar-refractivity contribution in [2.24, 2.45) is 0 Å². The van der Waals surface area contributed by atoms with Crippen molar-refractivity contribution >= 4 is 21.6 Å². The first-order valence-corrected chi connectivity index (χ1v) is 9.41. The molecule has 8 nitrogen and oxygen atoms in total. The SMILES string of the molecule is CN(c1cnc(C(=O)N2CCOCC2)cn1)C1CCS(=O)(=O)C1.